The average molecular weight is 718 g/mol. The lowest BCUT2D eigenvalue weighted by Crippen LogP contribution is -2.60. The molecule has 2 aliphatic heterocycles. The summed E-state index contributed by atoms with van der Waals surface area (Å²) in [7, 11) is 6.21. The van der Waals surface area contributed by atoms with Gasteiger partial charge in [-0.1, -0.05) is 42.1 Å². The molecule has 0 spiro atoms. The Labute approximate surface area is 309 Å². The van der Waals surface area contributed by atoms with E-state index in [2.05, 4.69) is 100 Å². The number of carbonyl (C=O) groups excluding carboxylic acids is 1. The van der Waals surface area contributed by atoms with Crippen molar-refractivity contribution in [3.8, 4) is 0 Å². The lowest BCUT2D eigenvalue weighted by molar-refractivity contribution is -0.947. The van der Waals surface area contributed by atoms with Gasteiger partial charge in [-0.2, -0.15) is 0 Å². The fourth-order valence-electron chi connectivity index (χ4n) is 7.19. The molecule has 2 aromatic carbocycles. The number of nitrogens with zero attached hydrogens (tertiary/aromatic N) is 5. The van der Waals surface area contributed by atoms with Gasteiger partial charge in [-0.25, -0.2) is 14.6 Å². The van der Waals surface area contributed by atoms with Gasteiger partial charge in [-0.15, -0.1) is 0 Å². The third-order valence-electron chi connectivity index (χ3n) is 10.4. The van der Waals surface area contributed by atoms with Crippen LogP contribution in [0.15, 0.2) is 58.5 Å². The number of aryl methyl sites for hydroxylation is 1. The topological polar surface area (TPSA) is 83.0 Å². The van der Waals surface area contributed by atoms with Gasteiger partial charge in [0.2, 0.25) is 0 Å². The number of esters is 1. The maximum atomic E-state index is 12.7. The highest BCUT2D eigenvalue weighted by Gasteiger charge is 2.38. The third kappa shape index (κ3) is 9.64. The zero-order valence-corrected chi connectivity index (χ0v) is 33.1. The maximum absolute atomic E-state index is 12.7. The predicted molar refractivity (Wildman–Crippen MR) is 210 cm³/mol. The summed E-state index contributed by atoms with van der Waals surface area (Å²) in [6.07, 6.45) is 6.26. The van der Waals surface area contributed by atoms with Crippen LogP contribution in [0.25, 0.3) is 17.0 Å². The van der Waals surface area contributed by atoms with Crippen molar-refractivity contribution in [3.05, 3.63) is 64.7 Å². The number of aliphatic carboxylic acids is 1. The van der Waals surface area contributed by atoms with Gasteiger partial charge in [-0.05, 0) is 89.8 Å². The number of carboxylic acid groups (broad SMARTS) is 1. The van der Waals surface area contributed by atoms with E-state index < -0.39 is 11.6 Å². The van der Waals surface area contributed by atoms with Crippen LogP contribution in [0.4, 0.5) is 11.5 Å². The number of aromatic nitrogens is 1. The zero-order valence-electron chi connectivity index (χ0n) is 32.3. The van der Waals surface area contributed by atoms with Crippen LogP contribution in [0.2, 0.25) is 0 Å². The summed E-state index contributed by atoms with van der Waals surface area (Å²) in [5.74, 6) is -0.0550. The number of anilines is 2. The molecule has 1 atom stereocenters. The molecule has 3 aromatic rings. The van der Waals surface area contributed by atoms with Crippen molar-refractivity contribution in [1.29, 1.82) is 0 Å². The van der Waals surface area contributed by atoms with Crippen LogP contribution in [-0.2, 0) is 20.7 Å². The number of ether oxygens (including phenoxy) is 1. The molecule has 0 radical (unpaired) electrons. The molecule has 1 N–H and O–H groups in total. The maximum Gasteiger partial charge on any atom is 0.362 e. The van der Waals surface area contributed by atoms with Gasteiger partial charge in [-0.3, -0.25) is 0 Å². The van der Waals surface area contributed by atoms with Gasteiger partial charge in [0.15, 0.2) is 13.1 Å². The first-order chi connectivity index (χ1) is 23.8. The molecule has 51 heavy (non-hydrogen) atoms. The zero-order chi connectivity index (χ0) is 37.2. The molecule has 9 nitrogen and oxygen atoms in total. The first kappa shape index (κ1) is 38.6. The van der Waals surface area contributed by atoms with Gasteiger partial charge in [0.1, 0.15) is 11.4 Å². The van der Waals surface area contributed by atoms with Crippen LogP contribution in [0, 0.1) is 0 Å². The monoisotopic (exact) mass is 717 g/mol. The van der Waals surface area contributed by atoms with E-state index in [0.29, 0.717) is 15.5 Å². The fourth-order valence-corrected chi connectivity index (χ4v) is 8.38. The summed E-state index contributed by atoms with van der Waals surface area (Å²) in [6.45, 7) is 16.5. The number of hydrogen-bond donors (Lipinski definition) is 1. The van der Waals surface area contributed by atoms with Crippen LogP contribution in [0.3, 0.4) is 0 Å². The van der Waals surface area contributed by atoms with Crippen LogP contribution in [-0.4, -0.2) is 109 Å². The number of thioether (sulfide) groups is 1. The molecular weight excluding hydrogens is 659 g/mol. The molecule has 1 aromatic heterocycles. The van der Waals surface area contributed by atoms with Crippen LogP contribution in [0.1, 0.15) is 71.9 Å². The van der Waals surface area contributed by atoms with E-state index in [1.165, 1.54) is 21.2 Å². The summed E-state index contributed by atoms with van der Waals surface area (Å²) >= 11 is 1.85. The molecular formula is C41H59N5O4S+2. The standard InChI is InChI=1S/C41H58N5O4S/c1-40(2,3)46(9,28-37(47)48)25-15-22-43(21-14-24-45(7,8)29-38(49)50-41(4,5)6)35-26-31(32-18-10-11-19-33(32)42-35)27-36-44-23-13-17-30-16-12-20-34(51-36)39(30)44/h10-12,16,18-20,26-27H,13-15,17,21-25,28-29H2,1-9H3/q+1/p+1/b36-27-. The van der Waals surface area contributed by atoms with Crippen molar-refractivity contribution < 1.29 is 28.4 Å². The number of likely N-dealkylation sites (N-methyl/N-ethyl adjacent to an activating group) is 2. The third-order valence-corrected chi connectivity index (χ3v) is 11.4. The molecule has 2 aliphatic rings. The van der Waals surface area contributed by atoms with E-state index in [1.807, 2.05) is 38.6 Å². The predicted octanol–water partition coefficient (Wildman–Crippen LogP) is 7.43. The Morgan fingerprint density at radius 1 is 0.980 bits per heavy atom. The molecule has 276 valence electrons. The Bertz CT molecular complexity index is 1780. The first-order valence-corrected chi connectivity index (χ1v) is 19.2. The number of hydrogen-bond acceptors (Lipinski definition) is 7. The Morgan fingerprint density at radius 2 is 1.69 bits per heavy atom. The van der Waals surface area contributed by atoms with Gasteiger partial charge in [0, 0.05) is 42.8 Å². The Kier molecular flexibility index (Phi) is 11.5. The van der Waals surface area contributed by atoms with E-state index >= 15 is 0 Å². The highest BCUT2D eigenvalue weighted by Crippen LogP contribution is 2.50. The number of quaternary nitrogens is 2. The number of fused-ring (bicyclic) bond motifs is 1. The molecule has 1 unspecified atom stereocenters. The summed E-state index contributed by atoms with van der Waals surface area (Å²) in [5, 5.41) is 12.2. The molecule has 0 bridgehead atoms. The van der Waals surface area contributed by atoms with E-state index in [9.17, 15) is 14.7 Å². The molecule has 10 heteroatoms. The number of para-hydroxylation sites is 2. The molecule has 0 fully saturated rings. The van der Waals surface area contributed by atoms with Crippen molar-refractivity contribution in [2.75, 3.05) is 76.8 Å². The molecule has 5 rings (SSSR count). The second-order valence-corrected chi connectivity index (χ2v) is 18.2. The minimum absolute atomic E-state index is 0.0735. The quantitative estimate of drug-likeness (QED) is 0.136. The Morgan fingerprint density at radius 3 is 2.37 bits per heavy atom. The fraction of sp³-hybridized carbons (Fsp3) is 0.537. The average Bonchev–Trinajstić information content (AvgIpc) is 3.36. The number of carbonyl (C=O) groups is 2. The van der Waals surface area contributed by atoms with Gasteiger partial charge >= 0.3 is 11.9 Å². The van der Waals surface area contributed by atoms with Crippen molar-refractivity contribution in [1.82, 2.24) is 4.98 Å². The molecule has 0 amide bonds. The lowest BCUT2D eigenvalue weighted by atomic mass is 10.0. The molecule has 0 saturated heterocycles. The van der Waals surface area contributed by atoms with Gasteiger partial charge < -0.3 is 28.6 Å². The second-order valence-electron chi connectivity index (χ2n) is 17.1. The molecule has 0 saturated carbocycles. The molecule has 0 aliphatic carbocycles. The number of benzene rings is 2. The minimum Gasteiger partial charge on any atom is -0.477 e. The van der Waals surface area contributed by atoms with E-state index in [4.69, 9.17) is 9.72 Å². The van der Waals surface area contributed by atoms with Gasteiger partial charge in [0.05, 0.1) is 56.0 Å². The lowest BCUT2D eigenvalue weighted by Gasteiger charge is -2.45. The summed E-state index contributed by atoms with van der Waals surface area (Å²) in [6, 6.07) is 17.3. The second kappa shape index (κ2) is 15.2. The SMILES string of the molecule is CC(C)(C)OC(=O)C[N+](C)(C)CCCN(CCC[N+](C)(CC(=O)O)C(C)(C)C)c1cc(/C=C2\Sc3cccc4c3N2CCC4)c2ccccc2n1. The number of pyridine rings is 1. The Hall–Kier alpha value is -3.60. The van der Waals surface area contributed by atoms with E-state index in [1.54, 1.807) is 0 Å². The number of carboxylic acids is 1. The first-order valence-electron chi connectivity index (χ1n) is 18.4. The van der Waals surface area contributed by atoms with Crippen LogP contribution >= 0.6 is 11.8 Å². The van der Waals surface area contributed by atoms with Gasteiger partial charge in [0.25, 0.3) is 0 Å². The smallest absolute Gasteiger partial charge is 0.362 e. The van der Waals surface area contributed by atoms with Crippen molar-refractivity contribution in [2.24, 2.45) is 0 Å². The summed E-state index contributed by atoms with van der Waals surface area (Å²) in [5.41, 5.74) is 4.16. The van der Waals surface area contributed by atoms with Crippen molar-refractivity contribution >= 4 is 52.2 Å². The molecule has 3 heterocycles. The largest absolute Gasteiger partial charge is 0.477 e. The van der Waals surface area contributed by atoms with Crippen LogP contribution in [0.5, 0.6) is 0 Å². The Balaban J connectivity index is 1.44. The van der Waals surface area contributed by atoms with Crippen molar-refractivity contribution in [3.63, 3.8) is 0 Å². The summed E-state index contributed by atoms with van der Waals surface area (Å²) < 4.78 is 6.60. The normalized spacial score (nSPS) is 16.6. The van der Waals surface area contributed by atoms with E-state index in [0.717, 1.165) is 80.7 Å². The van der Waals surface area contributed by atoms with E-state index in [-0.39, 0.29) is 18.1 Å². The highest BCUT2D eigenvalue weighted by atomic mass is 32.2. The van der Waals surface area contributed by atoms with Crippen molar-refractivity contribution in [2.45, 2.75) is 83.3 Å². The van der Waals surface area contributed by atoms with Crippen LogP contribution < -0.4 is 9.80 Å². The number of rotatable bonds is 14. The highest BCUT2D eigenvalue weighted by molar-refractivity contribution is 8.03. The summed E-state index contributed by atoms with van der Waals surface area (Å²) in [4.78, 5) is 36.1. The minimum atomic E-state index is -0.782.